The van der Waals surface area contributed by atoms with Crippen LogP contribution in [-0.4, -0.2) is 20.6 Å². The third-order valence-corrected chi connectivity index (χ3v) is 2.61. The first-order chi connectivity index (χ1) is 8.90. The average Bonchev–Trinajstić information content (AvgIpc) is 2.30. The van der Waals surface area contributed by atoms with Crippen LogP contribution in [0, 0.1) is 0 Å². The van der Waals surface area contributed by atoms with Gasteiger partial charge in [0.05, 0.1) is 6.26 Å². The van der Waals surface area contributed by atoms with Gasteiger partial charge in [0.2, 0.25) is 15.9 Å². The maximum Gasteiger partial charge on any atom is 0.248 e. The molecule has 0 bridgehead atoms. The Morgan fingerprint density at radius 1 is 1.11 bits per heavy atom. The number of rotatable bonds is 5. The minimum absolute atomic E-state index is 0.248. The van der Waals surface area contributed by atoms with Gasteiger partial charge in [-0.25, -0.2) is 8.42 Å². The van der Waals surface area contributed by atoms with Crippen LogP contribution >= 0.6 is 0 Å². The minimum atomic E-state index is -3.28. The third-order valence-electron chi connectivity index (χ3n) is 2.01. The first-order valence-electron chi connectivity index (χ1n) is 5.59. The Labute approximate surface area is 113 Å². The summed E-state index contributed by atoms with van der Waals surface area (Å²) in [5, 5.41) is 2.65. The van der Waals surface area contributed by atoms with E-state index < -0.39 is 10.0 Å². The van der Waals surface area contributed by atoms with Gasteiger partial charge in [0.1, 0.15) is 0 Å². The molecule has 0 saturated heterocycles. The van der Waals surface area contributed by atoms with Crippen LogP contribution in [0.1, 0.15) is 6.92 Å². The molecule has 0 fully saturated rings. The highest BCUT2D eigenvalue weighted by Crippen LogP contribution is 2.14. The normalized spacial score (nSPS) is 11.9. The van der Waals surface area contributed by atoms with Gasteiger partial charge in [-0.05, 0) is 31.2 Å². The van der Waals surface area contributed by atoms with E-state index in [1.54, 1.807) is 36.4 Å². The van der Waals surface area contributed by atoms with Gasteiger partial charge < -0.3 is 5.32 Å². The second kappa shape index (κ2) is 6.75. The van der Waals surface area contributed by atoms with Gasteiger partial charge >= 0.3 is 0 Å². The van der Waals surface area contributed by atoms with Gasteiger partial charge in [-0.1, -0.05) is 18.2 Å². The number of sulfonamides is 1. The molecule has 1 rings (SSSR count). The summed E-state index contributed by atoms with van der Waals surface area (Å²) in [7, 11) is -3.28. The number of benzene rings is 1. The molecular formula is C13H16N2O3S. The van der Waals surface area contributed by atoms with Crippen LogP contribution in [-0.2, 0) is 14.8 Å². The van der Waals surface area contributed by atoms with Crippen LogP contribution in [0.4, 0.5) is 11.4 Å². The molecule has 2 N–H and O–H groups in total. The van der Waals surface area contributed by atoms with Gasteiger partial charge in [-0.3, -0.25) is 9.52 Å². The Balaban J connectivity index is 2.64. The van der Waals surface area contributed by atoms with Crippen molar-refractivity contribution in [3.8, 4) is 0 Å². The van der Waals surface area contributed by atoms with E-state index in [1.807, 2.05) is 13.0 Å². The van der Waals surface area contributed by atoms with Crippen LogP contribution in [0.3, 0.4) is 0 Å². The molecule has 0 aromatic heterocycles. The third kappa shape index (κ3) is 6.42. The molecule has 1 aromatic rings. The summed E-state index contributed by atoms with van der Waals surface area (Å²) in [6, 6.07) is 6.39. The van der Waals surface area contributed by atoms with Crippen molar-refractivity contribution in [3.05, 3.63) is 48.6 Å². The van der Waals surface area contributed by atoms with Crippen molar-refractivity contribution < 1.29 is 13.2 Å². The van der Waals surface area contributed by atoms with E-state index in [2.05, 4.69) is 10.0 Å². The van der Waals surface area contributed by atoms with Crippen LogP contribution in [0.2, 0.25) is 0 Å². The van der Waals surface area contributed by atoms with Crippen LogP contribution in [0.25, 0.3) is 0 Å². The summed E-state index contributed by atoms with van der Waals surface area (Å²) in [5.41, 5.74) is 1.04. The molecule has 102 valence electrons. The largest absolute Gasteiger partial charge is 0.323 e. The Kier molecular flexibility index (Phi) is 5.32. The fourth-order valence-corrected chi connectivity index (χ4v) is 1.84. The van der Waals surface area contributed by atoms with E-state index in [-0.39, 0.29) is 5.91 Å². The zero-order chi connectivity index (χ0) is 14.3. The lowest BCUT2D eigenvalue weighted by Crippen LogP contribution is -2.10. The first-order valence-corrected chi connectivity index (χ1v) is 7.48. The molecule has 5 nitrogen and oxygen atoms in total. The number of carbonyl (C=O) groups excluding carboxylic acids is 1. The summed E-state index contributed by atoms with van der Waals surface area (Å²) in [6.45, 7) is 1.86. The molecule has 0 aliphatic heterocycles. The lowest BCUT2D eigenvalue weighted by molar-refractivity contribution is -0.111. The van der Waals surface area contributed by atoms with Crippen molar-refractivity contribution in [1.82, 2.24) is 0 Å². The summed E-state index contributed by atoms with van der Waals surface area (Å²) in [4.78, 5) is 11.5. The highest BCUT2D eigenvalue weighted by molar-refractivity contribution is 7.92. The smallest absolute Gasteiger partial charge is 0.248 e. The molecule has 0 unspecified atom stereocenters. The predicted octanol–water partition coefficient (Wildman–Crippen LogP) is 2.13. The molecule has 6 heteroatoms. The number of anilines is 2. The summed E-state index contributed by atoms with van der Waals surface area (Å²) in [5.74, 6) is -0.248. The van der Waals surface area contributed by atoms with Crippen LogP contribution in [0.5, 0.6) is 0 Å². The van der Waals surface area contributed by atoms with Crippen molar-refractivity contribution in [1.29, 1.82) is 0 Å². The number of hydrogen-bond acceptors (Lipinski definition) is 3. The zero-order valence-electron chi connectivity index (χ0n) is 10.8. The number of carbonyl (C=O) groups is 1. The molecule has 0 spiro atoms. The van der Waals surface area contributed by atoms with Crippen molar-refractivity contribution in [2.24, 2.45) is 0 Å². The van der Waals surface area contributed by atoms with Gasteiger partial charge in [-0.15, -0.1) is 0 Å². The number of hydrogen-bond donors (Lipinski definition) is 2. The SMILES string of the molecule is CC=CC=CC(=O)Nc1ccc(NS(C)(=O)=O)cc1. The van der Waals surface area contributed by atoms with Gasteiger partial charge in [0.15, 0.2) is 0 Å². The molecule has 1 amide bonds. The van der Waals surface area contributed by atoms with Crippen molar-refractivity contribution in [2.45, 2.75) is 6.92 Å². The van der Waals surface area contributed by atoms with E-state index in [0.717, 1.165) is 6.26 Å². The predicted molar refractivity (Wildman–Crippen MR) is 77.5 cm³/mol. The van der Waals surface area contributed by atoms with Gasteiger partial charge in [0, 0.05) is 17.5 Å². The van der Waals surface area contributed by atoms with E-state index in [9.17, 15) is 13.2 Å². The van der Waals surface area contributed by atoms with Gasteiger partial charge in [-0.2, -0.15) is 0 Å². The van der Waals surface area contributed by atoms with Crippen molar-refractivity contribution in [3.63, 3.8) is 0 Å². The fourth-order valence-electron chi connectivity index (χ4n) is 1.27. The van der Waals surface area contributed by atoms with Crippen LogP contribution < -0.4 is 10.0 Å². The summed E-state index contributed by atoms with van der Waals surface area (Å²) < 4.78 is 24.4. The lowest BCUT2D eigenvalue weighted by atomic mass is 10.3. The van der Waals surface area contributed by atoms with E-state index in [4.69, 9.17) is 0 Å². The molecule has 19 heavy (non-hydrogen) atoms. The topological polar surface area (TPSA) is 75.3 Å². The van der Waals surface area contributed by atoms with Crippen molar-refractivity contribution >= 4 is 27.3 Å². The second-order valence-electron chi connectivity index (χ2n) is 3.83. The number of amides is 1. The molecular weight excluding hydrogens is 264 g/mol. The lowest BCUT2D eigenvalue weighted by Gasteiger charge is -2.05. The maximum absolute atomic E-state index is 11.5. The van der Waals surface area contributed by atoms with E-state index in [1.165, 1.54) is 6.08 Å². The highest BCUT2D eigenvalue weighted by Gasteiger charge is 2.02. The standard InChI is InChI=1S/C13H16N2O3S/c1-3-4-5-6-13(16)14-11-7-9-12(10-8-11)15-19(2,17)18/h3-10,15H,1-2H3,(H,14,16). The number of allylic oxidation sites excluding steroid dienone is 3. The van der Waals surface area contributed by atoms with Crippen molar-refractivity contribution in [2.75, 3.05) is 16.3 Å². The highest BCUT2D eigenvalue weighted by atomic mass is 32.2. The maximum atomic E-state index is 11.5. The quantitative estimate of drug-likeness (QED) is 0.641. The Morgan fingerprint density at radius 3 is 2.21 bits per heavy atom. The van der Waals surface area contributed by atoms with Gasteiger partial charge in [0.25, 0.3) is 0 Å². The molecule has 0 atom stereocenters. The summed E-state index contributed by atoms with van der Waals surface area (Å²) in [6.07, 6.45) is 7.68. The Morgan fingerprint density at radius 2 is 1.68 bits per heavy atom. The first kappa shape index (κ1) is 15.0. The monoisotopic (exact) mass is 280 g/mol. The molecule has 0 aliphatic carbocycles. The molecule has 0 radical (unpaired) electrons. The zero-order valence-corrected chi connectivity index (χ0v) is 11.6. The van der Waals surface area contributed by atoms with E-state index >= 15 is 0 Å². The minimum Gasteiger partial charge on any atom is -0.323 e. The number of nitrogens with one attached hydrogen (secondary N) is 2. The molecule has 0 heterocycles. The average molecular weight is 280 g/mol. The summed E-state index contributed by atoms with van der Waals surface area (Å²) >= 11 is 0. The molecule has 0 aliphatic rings. The molecule has 0 saturated carbocycles. The molecule has 1 aromatic carbocycles. The Hall–Kier alpha value is -2.08. The van der Waals surface area contributed by atoms with Crippen LogP contribution in [0.15, 0.2) is 48.6 Å². The second-order valence-corrected chi connectivity index (χ2v) is 5.57. The van der Waals surface area contributed by atoms with E-state index in [0.29, 0.717) is 11.4 Å². The fraction of sp³-hybridized carbons (Fsp3) is 0.154. The Bertz CT molecular complexity index is 587.